The Morgan fingerprint density at radius 1 is 1.21 bits per heavy atom. The average Bonchev–Trinajstić information content (AvgIpc) is 2.56. The minimum absolute atomic E-state index is 0.0208. The molecule has 0 aliphatic rings. The molecule has 0 atom stereocenters. The van der Waals surface area contributed by atoms with Crippen molar-refractivity contribution in [1.29, 1.82) is 0 Å². The SMILES string of the molecule is COC(=O)C(Cc1ccc(SOOO)cc1S(=O)(=O)O)C(=O)OC. The van der Waals surface area contributed by atoms with Crippen LogP contribution in [0.2, 0.25) is 0 Å². The molecule has 0 saturated heterocycles. The van der Waals surface area contributed by atoms with Gasteiger partial charge in [-0.3, -0.25) is 14.1 Å². The topological polar surface area (TPSA) is 146 Å². The van der Waals surface area contributed by atoms with E-state index in [-0.39, 0.29) is 16.9 Å². The third-order valence-electron chi connectivity index (χ3n) is 2.87. The van der Waals surface area contributed by atoms with Gasteiger partial charge in [0, 0.05) is 4.90 Å². The molecule has 0 unspecified atom stereocenters. The number of hydrogen-bond acceptors (Lipinski definition) is 10. The molecule has 1 rings (SSSR count). The number of carbonyl (C=O) groups is 2. The van der Waals surface area contributed by atoms with E-state index in [1.54, 1.807) is 0 Å². The van der Waals surface area contributed by atoms with Crippen LogP contribution < -0.4 is 0 Å². The fraction of sp³-hybridized carbons (Fsp3) is 0.333. The summed E-state index contributed by atoms with van der Waals surface area (Å²) in [5.74, 6) is -3.24. The number of hydrogen-bond donors (Lipinski definition) is 2. The van der Waals surface area contributed by atoms with E-state index in [0.29, 0.717) is 12.0 Å². The van der Waals surface area contributed by atoms with Crippen LogP contribution in [0.4, 0.5) is 0 Å². The molecule has 0 heterocycles. The van der Waals surface area contributed by atoms with Gasteiger partial charge < -0.3 is 9.47 Å². The van der Waals surface area contributed by atoms with Gasteiger partial charge >= 0.3 is 11.9 Å². The molecular weight excluding hydrogens is 368 g/mol. The van der Waals surface area contributed by atoms with Gasteiger partial charge in [0.1, 0.15) is 0 Å². The van der Waals surface area contributed by atoms with Gasteiger partial charge in [-0.05, 0) is 24.1 Å². The highest BCUT2D eigenvalue weighted by Crippen LogP contribution is 2.27. The number of esters is 2. The molecule has 1 aromatic carbocycles. The third-order valence-corrected chi connectivity index (χ3v) is 4.38. The fourth-order valence-corrected chi connectivity index (χ4v) is 3.05. The Labute approximate surface area is 141 Å². The number of carbonyl (C=O) groups excluding carboxylic acids is 2. The van der Waals surface area contributed by atoms with Crippen LogP contribution in [0, 0.1) is 5.92 Å². The lowest BCUT2D eigenvalue weighted by atomic mass is 9.99. The second kappa shape index (κ2) is 8.96. The fourth-order valence-electron chi connectivity index (χ4n) is 1.82. The average molecular weight is 382 g/mol. The van der Waals surface area contributed by atoms with Crippen LogP contribution in [-0.2, 0) is 45.0 Å². The molecule has 10 nitrogen and oxygen atoms in total. The van der Waals surface area contributed by atoms with Crippen LogP contribution in [0.3, 0.4) is 0 Å². The Morgan fingerprint density at radius 2 is 1.79 bits per heavy atom. The zero-order chi connectivity index (χ0) is 18.3. The Bertz CT molecular complexity index is 684. The van der Waals surface area contributed by atoms with E-state index in [1.807, 2.05) is 0 Å². The van der Waals surface area contributed by atoms with Gasteiger partial charge in [-0.1, -0.05) is 11.1 Å². The van der Waals surface area contributed by atoms with E-state index in [4.69, 9.17) is 5.26 Å². The molecule has 12 heteroatoms. The molecule has 0 aromatic heterocycles. The molecule has 0 saturated carbocycles. The quantitative estimate of drug-likeness (QED) is 0.165. The van der Waals surface area contributed by atoms with Gasteiger partial charge in [0.05, 0.1) is 31.2 Å². The van der Waals surface area contributed by atoms with Crippen molar-refractivity contribution in [1.82, 2.24) is 0 Å². The van der Waals surface area contributed by atoms with Crippen molar-refractivity contribution in [3.8, 4) is 0 Å². The van der Waals surface area contributed by atoms with E-state index in [9.17, 15) is 22.6 Å². The zero-order valence-corrected chi connectivity index (χ0v) is 14.1. The van der Waals surface area contributed by atoms with E-state index in [0.717, 1.165) is 20.3 Å². The van der Waals surface area contributed by atoms with E-state index < -0.39 is 32.9 Å². The molecule has 2 N–H and O–H groups in total. The molecule has 0 aliphatic carbocycles. The first-order valence-corrected chi connectivity index (χ1v) is 8.33. The predicted octanol–water partition coefficient (Wildman–Crippen LogP) is 0.866. The van der Waals surface area contributed by atoms with Gasteiger partial charge in [0.25, 0.3) is 10.1 Å². The van der Waals surface area contributed by atoms with Crippen LogP contribution in [0.15, 0.2) is 28.0 Å². The first-order chi connectivity index (χ1) is 11.2. The standard InChI is InChI=1S/C12H14O10S2/c1-19-11(13)9(12(14)20-2)5-7-3-4-8(23-22-21-15)6-10(7)24(16,17)18/h3-4,6,9,15H,5H2,1-2H3,(H,16,17,18). The predicted molar refractivity (Wildman–Crippen MR) is 78.1 cm³/mol. The lowest BCUT2D eigenvalue weighted by Crippen LogP contribution is -2.29. The van der Waals surface area contributed by atoms with Crippen LogP contribution in [-0.4, -0.2) is 44.4 Å². The van der Waals surface area contributed by atoms with Gasteiger partial charge in [-0.25, -0.2) is 5.26 Å². The maximum absolute atomic E-state index is 11.7. The molecule has 134 valence electrons. The molecule has 0 amide bonds. The van der Waals surface area contributed by atoms with Crippen molar-refractivity contribution in [2.75, 3.05) is 14.2 Å². The summed E-state index contributed by atoms with van der Waals surface area (Å²) in [6.45, 7) is 0. The van der Waals surface area contributed by atoms with Crippen molar-refractivity contribution in [3.05, 3.63) is 23.8 Å². The smallest absolute Gasteiger partial charge is 0.320 e. The summed E-state index contributed by atoms with van der Waals surface area (Å²) in [4.78, 5) is 23.0. The highest BCUT2D eigenvalue weighted by atomic mass is 32.2. The van der Waals surface area contributed by atoms with Crippen LogP contribution in [0.5, 0.6) is 0 Å². The number of benzene rings is 1. The third kappa shape index (κ3) is 5.43. The van der Waals surface area contributed by atoms with E-state index in [1.165, 1.54) is 12.1 Å². The number of methoxy groups -OCH3 is 2. The van der Waals surface area contributed by atoms with Gasteiger partial charge in [-0.2, -0.15) is 8.42 Å². The molecule has 0 spiro atoms. The van der Waals surface area contributed by atoms with Crippen molar-refractivity contribution in [2.45, 2.75) is 16.2 Å². The second-order valence-corrected chi connectivity index (χ2v) is 6.44. The number of rotatable bonds is 8. The minimum Gasteiger partial charge on any atom is -0.468 e. The Hall–Kier alpha value is -1.70. The first-order valence-electron chi connectivity index (χ1n) is 6.15. The largest absolute Gasteiger partial charge is 0.468 e. The van der Waals surface area contributed by atoms with Crippen molar-refractivity contribution in [2.24, 2.45) is 5.92 Å². The van der Waals surface area contributed by atoms with Gasteiger partial charge in [0.15, 0.2) is 5.92 Å². The molecular formula is C12H14O10S2. The summed E-state index contributed by atoms with van der Waals surface area (Å²) in [6, 6.07) is 3.63. The molecule has 0 radical (unpaired) electrons. The highest BCUT2D eigenvalue weighted by molar-refractivity contribution is 7.94. The molecule has 1 aromatic rings. The Morgan fingerprint density at radius 3 is 2.25 bits per heavy atom. The maximum Gasteiger partial charge on any atom is 0.320 e. The van der Waals surface area contributed by atoms with E-state index >= 15 is 0 Å². The Balaban J connectivity index is 3.26. The van der Waals surface area contributed by atoms with Crippen molar-refractivity contribution >= 4 is 34.1 Å². The van der Waals surface area contributed by atoms with E-state index in [2.05, 4.69) is 18.8 Å². The normalized spacial score (nSPS) is 11.4. The lowest BCUT2D eigenvalue weighted by molar-refractivity contribution is -0.432. The van der Waals surface area contributed by atoms with Crippen molar-refractivity contribution in [3.63, 3.8) is 0 Å². The number of ether oxygens (including phenoxy) is 2. The summed E-state index contributed by atoms with van der Waals surface area (Å²) >= 11 is 0.469. The summed E-state index contributed by atoms with van der Waals surface area (Å²) < 4.78 is 45.5. The first kappa shape index (κ1) is 20.3. The monoisotopic (exact) mass is 382 g/mol. The maximum atomic E-state index is 11.7. The summed E-state index contributed by atoms with van der Waals surface area (Å²) in [5, 5.41) is 11.5. The van der Waals surface area contributed by atoms with Crippen LogP contribution in [0.1, 0.15) is 5.56 Å². The Kier molecular flexibility index (Phi) is 7.59. The van der Waals surface area contributed by atoms with Gasteiger partial charge in [0.2, 0.25) is 0 Å². The van der Waals surface area contributed by atoms with Crippen LogP contribution in [0.25, 0.3) is 0 Å². The summed E-state index contributed by atoms with van der Waals surface area (Å²) in [6.07, 6.45) is -0.378. The van der Waals surface area contributed by atoms with Crippen molar-refractivity contribution < 1.29 is 46.7 Å². The summed E-state index contributed by atoms with van der Waals surface area (Å²) in [5.41, 5.74) is -0.0208. The molecule has 0 aliphatic heterocycles. The zero-order valence-electron chi connectivity index (χ0n) is 12.5. The second-order valence-electron chi connectivity index (χ2n) is 4.27. The van der Waals surface area contributed by atoms with Gasteiger partial charge in [-0.15, -0.1) is 4.33 Å². The minimum atomic E-state index is -4.67. The molecule has 0 bridgehead atoms. The highest BCUT2D eigenvalue weighted by Gasteiger charge is 2.31. The molecule has 0 fully saturated rings. The molecule has 24 heavy (non-hydrogen) atoms. The van der Waals surface area contributed by atoms with Crippen LogP contribution >= 0.6 is 12.0 Å². The lowest BCUT2D eigenvalue weighted by Gasteiger charge is -2.14. The summed E-state index contributed by atoms with van der Waals surface area (Å²) in [7, 11) is -2.54.